The van der Waals surface area contributed by atoms with Crippen molar-refractivity contribution in [2.45, 2.75) is 26.0 Å². The number of ether oxygens (including phenoxy) is 3. The highest BCUT2D eigenvalue weighted by Crippen LogP contribution is 2.32. The smallest absolute Gasteiger partial charge is 0.339 e. The van der Waals surface area contributed by atoms with Crippen LogP contribution in [0.4, 0.5) is 0 Å². The Labute approximate surface area is 151 Å². The molecule has 6 nitrogen and oxygen atoms in total. The van der Waals surface area contributed by atoms with E-state index >= 15 is 0 Å². The molecule has 0 aromatic heterocycles. The first-order valence-electron chi connectivity index (χ1n) is 8.58. The van der Waals surface area contributed by atoms with Crippen LogP contribution >= 0.6 is 0 Å². The average molecular weight is 353 g/mol. The summed E-state index contributed by atoms with van der Waals surface area (Å²) in [6.45, 7) is 2.91. The molecule has 0 N–H and O–H groups in total. The molecule has 2 heterocycles. The fourth-order valence-corrected chi connectivity index (χ4v) is 3.24. The SMILES string of the molecule is CC(OC(=O)c1ccc2c(c1)OCO2)C(=O)N1CCc2ccccc2C1. The van der Waals surface area contributed by atoms with Gasteiger partial charge in [-0.05, 0) is 42.7 Å². The van der Waals surface area contributed by atoms with Crippen molar-refractivity contribution in [2.24, 2.45) is 0 Å². The normalized spacial score (nSPS) is 16.0. The Balaban J connectivity index is 1.41. The third-order valence-corrected chi connectivity index (χ3v) is 4.68. The molecule has 134 valence electrons. The van der Waals surface area contributed by atoms with Gasteiger partial charge in [-0.1, -0.05) is 24.3 Å². The summed E-state index contributed by atoms with van der Waals surface area (Å²) in [6.07, 6.45) is -0.0386. The molecule has 1 unspecified atom stereocenters. The Morgan fingerprint density at radius 2 is 1.85 bits per heavy atom. The summed E-state index contributed by atoms with van der Waals surface area (Å²) < 4.78 is 15.9. The molecule has 0 saturated heterocycles. The molecule has 0 radical (unpaired) electrons. The van der Waals surface area contributed by atoms with Gasteiger partial charge >= 0.3 is 5.97 Å². The van der Waals surface area contributed by atoms with Crippen LogP contribution in [0.3, 0.4) is 0 Å². The topological polar surface area (TPSA) is 65.1 Å². The lowest BCUT2D eigenvalue weighted by molar-refractivity contribution is -0.140. The van der Waals surface area contributed by atoms with E-state index in [4.69, 9.17) is 14.2 Å². The van der Waals surface area contributed by atoms with Gasteiger partial charge in [0, 0.05) is 13.1 Å². The largest absolute Gasteiger partial charge is 0.454 e. The fraction of sp³-hybridized carbons (Fsp3) is 0.300. The van der Waals surface area contributed by atoms with Gasteiger partial charge < -0.3 is 19.1 Å². The van der Waals surface area contributed by atoms with Crippen molar-refractivity contribution in [1.29, 1.82) is 0 Å². The lowest BCUT2D eigenvalue weighted by atomic mass is 9.99. The van der Waals surface area contributed by atoms with E-state index in [2.05, 4.69) is 6.07 Å². The average Bonchev–Trinajstić information content (AvgIpc) is 3.14. The van der Waals surface area contributed by atoms with Crippen LogP contribution in [0.25, 0.3) is 0 Å². The van der Waals surface area contributed by atoms with Crippen LogP contribution in [-0.2, 0) is 22.5 Å². The molecule has 0 aliphatic carbocycles. The Morgan fingerprint density at radius 1 is 1.08 bits per heavy atom. The van der Waals surface area contributed by atoms with Crippen molar-refractivity contribution in [3.8, 4) is 11.5 Å². The van der Waals surface area contributed by atoms with Crippen LogP contribution in [0, 0.1) is 0 Å². The number of hydrogen-bond donors (Lipinski definition) is 0. The summed E-state index contributed by atoms with van der Waals surface area (Å²) in [5.74, 6) is 0.360. The van der Waals surface area contributed by atoms with Crippen LogP contribution in [0.5, 0.6) is 11.5 Å². The molecule has 0 fully saturated rings. The molecule has 4 rings (SSSR count). The van der Waals surface area contributed by atoms with Crippen LogP contribution in [-0.4, -0.2) is 36.2 Å². The molecule has 2 aromatic carbocycles. The van der Waals surface area contributed by atoms with E-state index in [9.17, 15) is 9.59 Å². The minimum Gasteiger partial charge on any atom is -0.454 e. The number of hydrogen-bond acceptors (Lipinski definition) is 5. The Hall–Kier alpha value is -3.02. The molecule has 2 aliphatic rings. The van der Waals surface area contributed by atoms with Crippen molar-refractivity contribution in [2.75, 3.05) is 13.3 Å². The van der Waals surface area contributed by atoms with Crippen molar-refractivity contribution in [1.82, 2.24) is 4.90 Å². The van der Waals surface area contributed by atoms with Crippen LogP contribution in [0.15, 0.2) is 42.5 Å². The van der Waals surface area contributed by atoms with E-state index in [1.807, 2.05) is 18.2 Å². The second-order valence-electron chi connectivity index (χ2n) is 6.39. The molecule has 0 bridgehead atoms. The maximum absolute atomic E-state index is 12.7. The number of nitrogens with zero attached hydrogens (tertiary/aromatic N) is 1. The zero-order chi connectivity index (χ0) is 18.1. The van der Waals surface area contributed by atoms with Crippen molar-refractivity contribution in [3.63, 3.8) is 0 Å². The maximum atomic E-state index is 12.7. The number of esters is 1. The summed E-state index contributed by atoms with van der Waals surface area (Å²) >= 11 is 0. The predicted octanol–water partition coefficient (Wildman–Crippen LogP) is 2.55. The van der Waals surface area contributed by atoms with Crippen LogP contribution in [0.1, 0.15) is 28.4 Å². The summed E-state index contributed by atoms with van der Waals surface area (Å²) in [5.41, 5.74) is 2.74. The highest BCUT2D eigenvalue weighted by atomic mass is 16.7. The minimum atomic E-state index is -0.849. The van der Waals surface area contributed by atoms with Gasteiger partial charge in [-0.25, -0.2) is 4.79 Å². The highest BCUT2D eigenvalue weighted by Gasteiger charge is 2.27. The molecular formula is C20H19NO5. The van der Waals surface area contributed by atoms with E-state index in [0.717, 1.165) is 12.0 Å². The van der Waals surface area contributed by atoms with Crippen molar-refractivity contribution >= 4 is 11.9 Å². The van der Waals surface area contributed by atoms with E-state index < -0.39 is 12.1 Å². The third kappa shape index (κ3) is 3.10. The number of amides is 1. The zero-order valence-electron chi connectivity index (χ0n) is 14.4. The first-order chi connectivity index (χ1) is 12.6. The zero-order valence-corrected chi connectivity index (χ0v) is 14.4. The monoisotopic (exact) mass is 353 g/mol. The van der Waals surface area contributed by atoms with Crippen LogP contribution in [0.2, 0.25) is 0 Å². The fourth-order valence-electron chi connectivity index (χ4n) is 3.24. The summed E-state index contributed by atoms with van der Waals surface area (Å²) in [5, 5.41) is 0. The summed E-state index contributed by atoms with van der Waals surface area (Å²) in [4.78, 5) is 26.8. The van der Waals surface area contributed by atoms with E-state index in [1.54, 1.807) is 30.0 Å². The van der Waals surface area contributed by atoms with Gasteiger partial charge in [0.25, 0.3) is 5.91 Å². The highest BCUT2D eigenvalue weighted by molar-refractivity contribution is 5.93. The first kappa shape index (κ1) is 16.4. The quantitative estimate of drug-likeness (QED) is 0.794. The molecule has 2 aliphatic heterocycles. The van der Waals surface area contributed by atoms with Crippen LogP contribution < -0.4 is 9.47 Å². The standard InChI is InChI=1S/C20H19NO5/c1-13(19(22)21-9-8-14-4-2-3-5-16(14)11-21)26-20(23)15-6-7-17-18(10-15)25-12-24-17/h2-7,10,13H,8-9,11-12H2,1H3. The van der Waals surface area contributed by atoms with Gasteiger partial charge in [0.1, 0.15) is 0 Å². The second kappa shape index (κ2) is 6.71. The molecule has 0 saturated carbocycles. The maximum Gasteiger partial charge on any atom is 0.339 e. The molecule has 1 atom stereocenters. The van der Waals surface area contributed by atoms with Gasteiger partial charge in [-0.2, -0.15) is 0 Å². The Morgan fingerprint density at radius 3 is 2.69 bits per heavy atom. The molecule has 0 spiro atoms. The number of carbonyl (C=O) groups is 2. The molecule has 1 amide bonds. The summed E-state index contributed by atoms with van der Waals surface area (Å²) in [6, 6.07) is 12.9. The summed E-state index contributed by atoms with van der Waals surface area (Å²) in [7, 11) is 0. The van der Waals surface area contributed by atoms with E-state index in [-0.39, 0.29) is 12.7 Å². The third-order valence-electron chi connectivity index (χ3n) is 4.68. The second-order valence-corrected chi connectivity index (χ2v) is 6.39. The van der Waals surface area contributed by atoms with Crippen molar-refractivity contribution in [3.05, 3.63) is 59.2 Å². The van der Waals surface area contributed by atoms with Gasteiger partial charge in [-0.15, -0.1) is 0 Å². The lowest BCUT2D eigenvalue weighted by Crippen LogP contribution is -2.42. The van der Waals surface area contributed by atoms with Gasteiger partial charge in [0.15, 0.2) is 17.6 Å². The molecule has 2 aromatic rings. The van der Waals surface area contributed by atoms with E-state index in [1.165, 1.54) is 5.56 Å². The number of carbonyl (C=O) groups excluding carboxylic acids is 2. The number of fused-ring (bicyclic) bond motifs is 2. The molecule has 6 heteroatoms. The first-order valence-corrected chi connectivity index (χ1v) is 8.58. The number of rotatable bonds is 3. The van der Waals surface area contributed by atoms with Gasteiger partial charge in [-0.3, -0.25) is 4.79 Å². The predicted molar refractivity (Wildman–Crippen MR) is 93.0 cm³/mol. The van der Waals surface area contributed by atoms with Gasteiger partial charge in [0.2, 0.25) is 6.79 Å². The Bertz CT molecular complexity index is 863. The van der Waals surface area contributed by atoms with E-state index in [0.29, 0.717) is 30.2 Å². The molecular weight excluding hydrogens is 334 g/mol. The lowest BCUT2D eigenvalue weighted by Gasteiger charge is -2.30. The Kier molecular flexibility index (Phi) is 4.24. The molecule has 26 heavy (non-hydrogen) atoms. The number of benzene rings is 2. The minimum absolute atomic E-state index is 0.138. The van der Waals surface area contributed by atoms with Crippen molar-refractivity contribution < 1.29 is 23.8 Å². The van der Waals surface area contributed by atoms with Gasteiger partial charge in [0.05, 0.1) is 5.56 Å².